The fraction of sp³-hybridized carbons (Fsp3) is 0.250. The molecule has 2 N–H and O–H groups in total. The van der Waals surface area contributed by atoms with Gasteiger partial charge in [0.05, 0.1) is 41.1 Å². The summed E-state index contributed by atoms with van der Waals surface area (Å²) in [6.45, 7) is 0. The van der Waals surface area contributed by atoms with E-state index in [0.29, 0.717) is 5.75 Å². The molecule has 0 radical (unpaired) electrons. The number of rotatable bonds is 6. The van der Waals surface area contributed by atoms with Crippen molar-refractivity contribution in [2.24, 2.45) is 0 Å². The lowest BCUT2D eigenvalue weighted by atomic mass is 10.1. The molecule has 2 aromatic carbocycles. The number of para-hydroxylation sites is 1. The Morgan fingerprint density at radius 2 is 1.38 bits per heavy atom. The van der Waals surface area contributed by atoms with Gasteiger partial charge in [0.1, 0.15) is 5.39 Å². The van der Waals surface area contributed by atoms with Gasteiger partial charge in [0.2, 0.25) is 28.4 Å². The van der Waals surface area contributed by atoms with Crippen LogP contribution in [-0.4, -0.2) is 45.8 Å². The van der Waals surface area contributed by atoms with E-state index in [1.165, 1.54) is 35.5 Å². The van der Waals surface area contributed by atoms with Crippen LogP contribution in [0.25, 0.3) is 22.3 Å². The SMILES string of the molecule is COc1cccc(-c2oc3c(OC)c(OC)c(OC)c(O)c3c(=O)c2O)c1OC. The molecule has 29 heavy (non-hydrogen) atoms. The first-order valence-electron chi connectivity index (χ1n) is 8.37. The number of phenolic OH excluding ortho intramolecular Hbond substituents is 1. The van der Waals surface area contributed by atoms with Crippen LogP contribution in [0.3, 0.4) is 0 Å². The van der Waals surface area contributed by atoms with E-state index in [1.54, 1.807) is 18.2 Å². The third-order valence-electron chi connectivity index (χ3n) is 4.42. The summed E-state index contributed by atoms with van der Waals surface area (Å²) in [4.78, 5) is 12.9. The van der Waals surface area contributed by atoms with Crippen molar-refractivity contribution in [3.05, 3.63) is 28.4 Å². The van der Waals surface area contributed by atoms with E-state index >= 15 is 0 Å². The van der Waals surface area contributed by atoms with Gasteiger partial charge >= 0.3 is 0 Å². The van der Waals surface area contributed by atoms with Crippen LogP contribution in [0.1, 0.15) is 0 Å². The first-order valence-corrected chi connectivity index (χ1v) is 8.37. The van der Waals surface area contributed by atoms with Crippen molar-refractivity contribution in [2.45, 2.75) is 0 Å². The number of benzene rings is 2. The predicted molar refractivity (Wildman–Crippen MR) is 104 cm³/mol. The molecule has 1 heterocycles. The van der Waals surface area contributed by atoms with Crippen molar-refractivity contribution < 1.29 is 38.3 Å². The summed E-state index contributed by atoms with van der Waals surface area (Å²) in [6, 6.07) is 4.88. The fourth-order valence-electron chi connectivity index (χ4n) is 3.14. The highest BCUT2D eigenvalue weighted by Gasteiger charge is 2.29. The number of aromatic hydroxyl groups is 2. The Balaban J connectivity index is 2.51. The molecule has 0 amide bonds. The van der Waals surface area contributed by atoms with E-state index in [9.17, 15) is 15.0 Å². The molecule has 9 heteroatoms. The lowest BCUT2D eigenvalue weighted by Gasteiger charge is -2.17. The van der Waals surface area contributed by atoms with Crippen LogP contribution >= 0.6 is 0 Å². The van der Waals surface area contributed by atoms with Gasteiger partial charge in [0.25, 0.3) is 0 Å². The first-order chi connectivity index (χ1) is 13.9. The molecule has 0 saturated carbocycles. The molecule has 0 aliphatic rings. The molecule has 0 unspecified atom stereocenters. The topological polar surface area (TPSA) is 117 Å². The number of fused-ring (bicyclic) bond motifs is 1. The van der Waals surface area contributed by atoms with Crippen molar-refractivity contribution >= 4 is 11.0 Å². The van der Waals surface area contributed by atoms with Crippen LogP contribution < -0.4 is 29.1 Å². The second-order valence-electron chi connectivity index (χ2n) is 5.80. The molecule has 0 aliphatic heterocycles. The Hall–Kier alpha value is -3.75. The molecule has 3 rings (SSSR count). The largest absolute Gasteiger partial charge is 0.504 e. The third kappa shape index (κ3) is 2.91. The second-order valence-corrected chi connectivity index (χ2v) is 5.80. The van der Waals surface area contributed by atoms with Crippen LogP contribution in [0.4, 0.5) is 0 Å². The Morgan fingerprint density at radius 3 is 1.93 bits per heavy atom. The van der Waals surface area contributed by atoms with Crippen LogP contribution in [0.5, 0.6) is 40.2 Å². The number of methoxy groups -OCH3 is 5. The van der Waals surface area contributed by atoms with E-state index in [2.05, 4.69) is 0 Å². The third-order valence-corrected chi connectivity index (χ3v) is 4.42. The Labute approximate surface area is 165 Å². The molecular weight excluding hydrogens is 384 g/mol. The highest BCUT2D eigenvalue weighted by atomic mass is 16.5. The van der Waals surface area contributed by atoms with E-state index in [0.717, 1.165) is 0 Å². The van der Waals surface area contributed by atoms with Crippen molar-refractivity contribution in [1.29, 1.82) is 0 Å². The summed E-state index contributed by atoms with van der Waals surface area (Å²) in [7, 11) is 6.84. The van der Waals surface area contributed by atoms with Gasteiger partial charge in [-0.25, -0.2) is 0 Å². The molecule has 9 nitrogen and oxygen atoms in total. The van der Waals surface area contributed by atoms with Crippen molar-refractivity contribution in [2.75, 3.05) is 35.5 Å². The molecule has 0 bridgehead atoms. The Kier molecular flexibility index (Phi) is 5.31. The zero-order chi connectivity index (χ0) is 21.3. The summed E-state index contributed by atoms with van der Waals surface area (Å²) in [6.07, 6.45) is 0. The zero-order valence-electron chi connectivity index (χ0n) is 16.5. The van der Waals surface area contributed by atoms with Crippen LogP contribution in [-0.2, 0) is 0 Å². The number of ether oxygens (including phenoxy) is 5. The minimum Gasteiger partial charge on any atom is -0.504 e. The van der Waals surface area contributed by atoms with E-state index in [1.807, 2.05) is 0 Å². The minimum atomic E-state index is -0.886. The Bertz CT molecular complexity index is 1130. The molecule has 0 atom stereocenters. The highest BCUT2D eigenvalue weighted by Crippen LogP contribution is 2.51. The zero-order valence-corrected chi connectivity index (χ0v) is 16.5. The summed E-state index contributed by atoms with van der Waals surface area (Å²) in [5.74, 6) is -0.944. The van der Waals surface area contributed by atoms with Crippen molar-refractivity contribution in [1.82, 2.24) is 0 Å². The van der Waals surface area contributed by atoms with E-state index < -0.39 is 16.9 Å². The molecule has 0 saturated heterocycles. The van der Waals surface area contributed by atoms with Gasteiger partial charge in [-0.15, -0.1) is 0 Å². The second kappa shape index (κ2) is 7.70. The molecule has 1 aromatic heterocycles. The van der Waals surface area contributed by atoms with Gasteiger partial charge in [-0.2, -0.15) is 0 Å². The molecule has 0 fully saturated rings. The lowest BCUT2D eigenvalue weighted by molar-refractivity contribution is 0.311. The summed E-state index contributed by atoms with van der Waals surface area (Å²) in [5, 5.41) is 20.8. The lowest BCUT2D eigenvalue weighted by Crippen LogP contribution is -2.06. The molecule has 0 spiro atoms. The maximum atomic E-state index is 12.9. The fourth-order valence-corrected chi connectivity index (χ4v) is 3.14. The van der Waals surface area contributed by atoms with Gasteiger partial charge in [-0.3, -0.25) is 4.79 Å². The van der Waals surface area contributed by atoms with Gasteiger partial charge in [0.15, 0.2) is 28.6 Å². The normalized spacial score (nSPS) is 10.7. The van der Waals surface area contributed by atoms with Crippen LogP contribution in [0, 0.1) is 0 Å². The molecule has 3 aromatic rings. The maximum absolute atomic E-state index is 12.9. The van der Waals surface area contributed by atoms with Crippen LogP contribution in [0.15, 0.2) is 27.4 Å². The summed E-state index contributed by atoms with van der Waals surface area (Å²) >= 11 is 0. The standard InChI is InChI=1S/C20H20O9/c1-24-10-8-6-7-9(15(10)25-2)16-14(23)12(21)11-13(22)18(26-3)20(28-5)19(27-4)17(11)29-16/h6-8,22-23H,1-5H3. The smallest absolute Gasteiger partial charge is 0.239 e. The van der Waals surface area contributed by atoms with Gasteiger partial charge < -0.3 is 38.3 Å². The molecule has 154 valence electrons. The van der Waals surface area contributed by atoms with E-state index in [4.69, 9.17) is 28.1 Å². The predicted octanol–water partition coefficient (Wildman–Crippen LogP) is 2.91. The molecular formula is C20H20O9. The summed E-state index contributed by atoms with van der Waals surface area (Å²) in [5.41, 5.74) is -0.757. The van der Waals surface area contributed by atoms with Gasteiger partial charge in [-0.1, -0.05) is 6.07 Å². The highest BCUT2D eigenvalue weighted by molar-refractivity contribution is 5.96. The number of phenols is 1. The van der Waals surface area contributed by atoms with Crippen molar-refractivity contribution in [3.8, 4) is 51.6 Å². The quantitative estimate of drug-likeness (QED) is 0.639. The average Bonchev–Trinajstić information content (AvgIpc) is 2.74. The Morgan fingerprint density at radius 1 is 0.759 bits per heavy atom. The first kappa shape index (κ1) is 20.0. The minimum absolute atomic E-state index is 0.0114. The molecule has 0 aliphatic carbocycles. The van der Waals surface area contributed by atoms with E-state index in [-0.39, 0.29) is 45.3 Å². The number of hydrogen-bond acceptors (Lipinski definition) is 9. The maximum Gasteiger partial charge on any atom is 0.239 e. The monoisotopic (exact) mass is 404 g/mol. The average molecular weight is 404 g/mol. The van der Waals surface area contributed by atoms with Crippen LogP contribution in [0.2, 0.25) is 0 Å². The van der Waals surface area contributed by atoms with Gasteiger partial charge in [0, 0.05) is 0 Å². The van der Waals surface area contributed by atoms with Gasteiger partial charge in [-0.05, 0) is 12.1 Å². The van der Waals surface area contributed by atoms with Crippen molar-refractivity contribution in [3.63, 3.8) is 0 Å². The number of hydrogen-bond donors (Lipinski definition) is 2. The summed E-state index contributed by atoms with van der Waals surface area (Å²) < 4.78 is 32.2.